The van der Waals surface area contributed by atoms with E-state index in [0.717, 1.165) is 55.4 Å². The topological polar surface area (TPSA) is 90.2 Å². The summed E-state index contributed by atoms with van der Waals surface area (Å²) in [6.07, 6.45) is 6.79. The Hall–Kier alpha value is -2.50. The second-order valence-corrected chi connectivity index (χ2v) is 7.80. The molecule has 2 aliphatic heterocycles. The van der Waals surface area contributed by atoms with Gasteiger partial charge in [0, 0.05) is 50.3 Å². The molecule has 5 rings (SSSR count). The van der Waals surface area contributed by atoms with Gasteiger partial charge >= 0.3 is 0 Å². The lowest BCUT2D eigenvalue weighted by Gasteiger charge is -2.35. The molecule has 1 saturated carbocycles. The predicted octanol–water partition coefficient (Wildman–Crippen LogP) is 1.43. The number of morpholine rings is 1. The van der Waals surface area contributed by atoms with Crippen molar-refractivity contribution in [2.24, 2.45) is 0 Å². The molecule has 28 heavy (non-hydrogen) atoms. The molecule has 0 bridgehead atoms. The van der Waals surface area contributed by atoms with E-state index in [9.17, 15) is 0 Å². The highest BCUT2D eigenvalue weighted by molar-refractivity contribution is 5.93. The van der Waals surface area contributed by atoms with Crippen LogP contribution in [0.2, 0.25) is 0 Å². The molecule has 2 aromatic heterocycles. The molecule has 2 saturated heterocycles. The van der Waals surface area contributed by atoms with Crippen LogP contribution in [0.1, 0.15) is 30.7 Å². The van der Waals surface area contributed by atoms with Crippen molar-refractivity contribution < 1.29 is 4.74 Å². The Labute approximate surface area is 164 Å². The van der Waals surface area contributed by atoms with Crippen molar-refractivity contribution >= 4 is 22.7 Å². The van der Waals surface area contributed by atoms with E-state index in [1.165, 1.54) is 18.4 Å². The minimum Gasteiger partial charge on any atom is -0.378 e. The normalized spacial score (nSPS) is 23.0. The predicted molar refractivity (Wildman–Crippen MR) is 107 cm³/mol. The van der Waals surface area contributed by atoms with Gasteiger partial charge in [-0.05, 0) is 24.3 Å². The van der Waals surface area contributed by atoms with Crippen LogP contribution in [0.5, 0.6) is 0 Å². The van der Waals surface area contributed by atoms with E-state index < -0.39 is 0 Å². The van der Waals surface area contributed by atoms with Crippen LogP contribution < -0.4 is 15.1 Å². The standard InChI is InChI=1S/C20H25N7O/c21-4-3-15-13-27(6-5-23-15)19-18-16(14-1-2-14)11-22-12-17(18)24-20(25-19)26-7-9-28-10-8-26/h11-12,14-15,23H,1-3,5-10,13H2. The van der Waals surface area contributed by atoms with Gasteiger partial charge in [0.25, 0.3) is 0 Å². The maximum atomic E-state index is 9.13. The molecule has 1 unspecified atom stereocenters. The summed E-state index contributed by atoms with van der Waals surface area (Å²) in [5, 5.41) is 13.7. The number of hydrogen-bond acceptors (Lipinski definition) is 8. The number of aromatic nitrogens is 3. The number of fused-ring (bicyclic) bond motifs is 1. The van der Waals surface area contributed by atoms with E-state index in [-0.39, 0.29) is 6.04 Å². The summed E-state index contributed by atoms with van der Waals surface area (Å²) >= 11 is 0. The summed E-state index contributed by atoms with van der Waals surface area (Å²) in [6.45, 7) is 5.54. The third-order valence-corrected chi connectivity index (χ3v) is 5.81. The molecule has 8 heteroatoms. The SMILES string of the molecule is N#CCC1CN(c2nc(N3CCOCC3)nc3cncc(C4CC4)c23)CCN1. The molecule has 1 aliphatic carbocycles. The summed E-state index contributed by atoms with van der Waals surface area (Å²) in [4.78, 5) is 19.0. The molecule has 3 aliphatic rings. The zero-order chi connectivity index (χ0) is 18.9. The number of ether oxygens (including phenoxy) is 1. The third kappa shape index (κ3) is 3.36. The molecular weight excluding hydrogens is 354 g/mol. The van der Waals surface area contributed by atoms with Crippen LogP contribution >= 0.6 is 0 Å². The molecule has 0 radical (unpaired) electrons. The summed E-state index contributed by atoms with van der Waals surface area (Å²) in [5.41, 5.74) is 2.20. The van der Waals surface area contributed by atoms with Crippen molar-refractivity contribution in [3.05, 3.63) is 18.0 Å². The largest absolute Gasteiger partial charge is 0.378 e. The van der Waals surface area contributed by atoms with Crippen molar-refractivity contribution in [2.45, 2.75) is 31.2 Å². The molecule has 1 N–H and O–H groups in total. The minimum atomic E-state index is 0.168. The van der Waals surface area contributed by atoms with Crippen molar-refractivity contribution in [3.63, 3.8) is 0 Å². The zero-order valence-corrected chi connectivity index (χ0v) is 16.0. The number of nitrogens with zero attached hydrogens (tertiary/aromatic N) is 6. The molecule has 1 atom stereocenters. The monoisotopic (exact) mass is 379 g/mol. The number of nitriles is 1. The van der Waals surface area contributed by atoms with Crippen LogP contribution in [0, 0.1) is 11.3 Å². The first-order valence-electron chi connectivity index (χ1n) is 10.2. The van der Waals surface area contributed by atoms with Gasteiger partial charge in [0.2, 0.25) is 5.95 Å². The fraction of sp³-hybridized carbons (Fsp3) is 0.600. The van der Waals surface area contributed by atoms with Crippen LogP contribution in [0.25, 0.3) is 10.9 Å². The zero-order valence-electron chi connectivity index (χ0n) is 16.0. The lowest BCUT2D eigenvalue weighted by Crippen LogP contribution is -2.51. The molecule has 0 amide bonds. The van der Waals surface area contributed by atoms with Gasteiger partial charge in [-0.25, -0.2) is 4.98 Å². The van der Waals surface area contributed by atoms with E-state index in [1.807, 2.05) is 12.4 Å². The lowest BCUT2D eigenvalue weighted by atomic mass is 10.1. The number of anilines is 2. The molecule has 0 aromatic carbocycles. The van der Waals surface area contributed by atoms with E-state index >= 15 is 0 Å². The van der Waals surface area contributed by atoms with Crippen LogP contribution in [-0.4, -0.2) is 66.9 Å². The average Bonchev–Trinajstić information content (AvgIpc) is 3.59. The highest BCUT2D eigenvalue weighted by Gasteiger charge is 2.30. The maximum absolute atomic E-state index is 9.13. The van der Waals surface area contributed by atoms with E-state index in [4.69, 9.17) is 20.0 Å². The second kappa shape index (κ2) is 7.49. The number of pyridine rings is 1. The van der Waals surface area contributed by atoms with Crippen molar-refractivity contribution in [1.82, 2.24) is 20.3 Å². The quantitative estimate of drug-likeness (QED) is 0.853. The second-order valence-electron chi connectivity index (χ2n) is 7.80. The molecule has 2 aromatic rings. The number of nitrogens with one attached hydrogen (secondary N) is 1. The van der Waals surface area contributed by atoms with Gasteiger partial charge in [-0.2, -0.15) is 10.2 Å². The van der Waals surface area contributed by atoms with Crippen LogP contribution in [-0.2, 0) is 4.74 Å². The molecule has 4 heterocycles. The molecule has 8 nitrogen and oxygen atoms in total. The minimum absolute atomic E-state index is 0.168. The first-order valence-corrected chi connectivity index (χ1v) is 10.2. The van der Waals surface area contributed by atoms with Gasteiger partial charge < -0.3 is 19.9 Å². The highest BCUT2D eigenvalue weighted by Crippen LogP contribution is 2.44. The van der Waals surface area contributed by atoms with E-state index in [0.29, 0.717) is 25.6 Å². The Morgan fingerprint density at radius 1 is 1.14 bits per heavy atom. The Balaban J connectivity index is 1.60. The Morgan fingerprint density at radius 2 is 2.00 bits per heavy atom. The van der Waals surface area contributed by atoms with E-state index in [1.54, 1.807) is 0 Å². The molecular formula is C20H25N7O. The maximum Gasteiger partial charge on any atom is 0.228 e. The van der Waals surface area contributed by atoms with Gasteiger partial charge in [0.15, 0.2) is 0 Å². The van der Waals surface area contributed by atoms with Gasteiger partial charge in [-0.3, -0.25) is 4.98 Å². The molecule has 146 valence electrons. The van der Waals surface area contributed by atoms with Gasteiger partial charge in [0.1, 0.15) is 5.82 Å². The first-order chi connectivity index (χ1) is 13.8. The number of rotatable bonds is 4. The number of piperazine rings is 1. The van der Waals surface area contributed by atoms with Gasteiger partial charge in [-0.1, -0.05) is 0 Å². The Kier molecular flexibility index (Phi) is 4.71. The number of hydrogen-bond donors (Lipinski definition) is 1. The highest BCUT2D eigenvalue weighted by atomic mass is 16.5. The summed E-state index contributed by atoms with van der Waals surface area (Å²) < 4.78 is 5.50. The molecule has 0 spiro atoms. The van der Waals surface area contributed by atoms with Crippen molar-refractivity contribution in [1.29, 1.82) is 5.26 Å². The lowest BCUT2D eigenvalue weighted by molar-refractivity contribution is 0.122. The molecule has 3 fully saturated rings. The van der Waals surface area contributed by atoms with Crippen LogP contribution in [0.3, 0.4) is 0 Å². The van der Waals surface area contributed by atoms with Crippen LogP contribution in [0.4, 0.5) is 11.8 Å². The average molecular weight is 379 g/mol. The first kappa shape index (κ1) is 17.6. The van der Waals surface area contributed by atoms with Crippen molar-refractivity contribution in [2.75, 3.05) is 55.7 Å². The van der Waals surface area contributed by atoms with Crippen LogP contribution in [0.15, 0.2) is 12.4 Å². The third-order valence-electron chi connectivity index (χ3n) is 5.81. The van der Waals surface area contributed by atoms with E-state index in [2.05, 4.69) is 26.2 Å². The fourth-order valence-corrected chi connectivity index (χ4v) is 4.18. The van der Waals surface area contributed by atoms with Gasteiger partial charge in [-0.15, -0.1) is 0 Å². The summed E-state index contributed by atoms with van der Waals surface area (Å²) in [7, 11) is 0. The smallest absolute Gasteiger partial charge is 0.228 e. The Morgan fingerprint density at radius 3 is 2.79 bits per heavy atom. The van der Waals surface area contributed by atoms with Gasteiger partial charge in [0.05, 0.1) is 37.4 Å². The fourth-order valence-electron chi connectivity index (χ4n) is 4.18. The van der Waals surface area contributed by atoms with Crippen molar-refractivity contribution in [3.8, 4) is 6.07 Å². The Bertz CT molecular complexity index is 901. The summed E-state index contributed by atoms with van der Waals surface area (Å²) in [6, 6.07) is 2.46. The summed E-state index contributed by atoms with van der Waals surface area (Å²) in [5.74, 6) is 2.33.